The highest BCUT2D eigenvalue weighted by Crippen LogP contribution is 2.43. The standard InChI is InChI=1S/C30H58NO10P/c1-3-4-5-6-7-8-9-10-11-12-13-14-15-16-17-18-19-20-21-22-29(33)38-23-27(41-26(2)32)24-39-42(36,37)40-25-28(31)30(34)35/h27-28H,3-25,31H2,1-2H3,(H,34,35)(H,36,37)/t27-,28+/m1/s1. The molecule has 0 aromatic heterocycles. The smallest absolute Gasteiger partial charge is 0.472 e. The molecular formula is C30H58NO10P. The molecule has 0 aliphatic heterocycles. The first-order valence-electron chi connectivity index (χ1n) is 16.0. The summed E-state index contributed by atoms with van der Waals surface area (Å²) in [5.74, 6) is -2.57. The second-order valence-corrected chi connectivity index (χ2v) is 12.5. The summed E-state index contributed by atoms with van der Waals surface area (Å²) in [6.07, 6.45) is 23.2. The van der Waals surface area contributed by atoms with E-state index in [1.54, 1.807) is 0 Å². The monoisotopic (exact) mass is 623 g/mol. The number of carboxylic acid groups (broad SMARTS) is 1. The second kappa shape index (κ2) is 27.1. The number of carbonyl (C=O) groups excluding carboxylic acids is 2. The van der Waals surface area contributed by atoms with E-state index in [2.05, 4.69) is 11.4 Å². The van der Waals surface area contributed by atoms with Crippen molar-refractivity contribution in [2.45, 2.75) is 154 Å². The van der Waals surface area contributed by atoms with Crippen LogP contribution in [0, 0.1) is 0 Å². The minimum absolute atomic E-state index is 0.223. The highest BCUT2D eigenvalue weighted by atomic mass is 31.2. The van der Waals surface area contributed by atoms with Crippen LogP contribution < -0.4 is 5.73 Å². The first-order valence-corrected chi connectivity index (χ1v) is 17.5. The van der Waals surface area contributed by atoms with Gasteiger partial charge in [-0.3, -0.25) is 23.4 Å². The molecule has 0 saturated heterocycles. The van der Waals surface area contributed by atoms with Crippen molar-refractivity contribution in [2.75, 3.05) is 19.8 Å². The second-order valence-electron chi connectivity index (χ2n) is 11.0. The molecule has 0 heterocycles. The van der Waals surface area contributed by atoms with Crippen LogP contribution in [0.15, 0.2) is 0 Å². The van der Waals surface area contributed by atoms with Crippen molar-refractivity contribution in [3.8, 4) is 0 Å². The van der Waals surface area contributed by atoms with Crippen molar-refractivity contribution in [2.24, 2.45) is 5.73 Å². The lowest BCUT2D eigenvalue weighted by atomic mass is 10.0. The molecule has 3 atom stereocenters. The predicted octanol–water partition coefficient (Wildman–Crippen LogP) is 6.83. The molecule has 0 aliphatic carbocycles. The maximum Gasteiger partial charge on any atom is 0.472 e. The van der Waals surface area contributed by atoms with Gasteiger partial charge in [0, 0.05) is 13.3 Å². The van der Waals surface area contributed by atoms with Crippen molar-refractivity contribution >= 4 is 25.7 Å². The van der Waals surface area contributed by atoms with Crippen LogP contribution in [0.1, 0.15) is 142 Å². The van der Waals surface area contributed by atoms with Crippen molar-refractivity contribution in [1.29, 1.82) is 0 Å². The first kappa shape index (κ1) is 40.5. The Morgan fingerprint density at radius 2 is 1.10 bits per heavy atom. The molecule has 0 saturated carbocycles. The summed E-state index contributed by atoms with van der Waals surface area (Å²) >= 11 is 0. The van der Waals surface area contributed by atoms with Gasteiger partial charge < -0.3 is 25.2 Å². The fourth-order valence-corrected chi connectivity index (χ4v) is 5.20. The molecule has 0 spiro atoms. The fourth-order valence-electron chi connectivity index (χ4n) is 4.42. The van der Waals surface area contributed by atoms with Crippen LogP contribution in [0.4, 0.5) is 0 Å². The third kappa shape index (κ3) is 27.3. The molecule has 11 nitrogen and oxygen atoms in total. The molecule has 0 aromatic rings. The van der Waals surface area contributed by atoms with Gasteiger partial charge in [0.15, 0.2) is 6.10 Å². The molecule has 0 aliphatic rings. The zero-order valence-corrected chi connectivity index (χ0v) is 27.0. The Kier molecular flexibility index (Phi) is 26.1. The quantitative estimate of drug-likeness (QED) is 0.0435. The maximum absolute atomic E-state index is 12.1. The number of esters is 2. The van der Waals surface area contributed by atoms with Gasteiger partial charge in [0.2, 0.25) is 0 Å². The molecule has 0 radical (unpaired) electrons. The van der Waals surface area contributed by atoms with E-state index in [0.29, 0.717) is 6.42 Å². The number of phosphoric ester groups is 1. The number of carbonyl (C=O) groups is 3. The molecule has 0 rings (SSSR count). The van der Waals surface area contributed by atoms with Crippen molar-refractivity contribution in [3.63, 3.8) is 0 Å². The van der Waals surface area contributed by atoms with E-state index in [4.69, 9.17) is 24.8 Å². The number of ether oxygens (including phenoxy) is 2. The van der Waals surface area contributed by atoms with Gasteiger partial charge in [-0.1, -0.05) is 122 Å². The number of carboxylic acids is 1. The minimum Gasteiger partial charge on any atom is -0.480 e. The lowest BCUT2D eigenvalue weighted by Crippen LogP contribution is -2.34. The number of nitrogens with two attached hydrogens (primary N) is 1. The van der Waals surface area contributed by atoms with E-state index in [1.807, 2.05) is 0 Å². The van der Waals surface area contributed by atoms with E-state index in [1.165, 1.54) is 96.3 Å². The van der Waals surface area contributed by atoms with Gasteiger partial charge in [-0.05, 0) is 6.42 Å². The fraction of sp³-hybridized carbons (Fsp3) is 0.900. The van der Waals surface area contributed by atoms with Crippen LogP contribution in [0.2, 0.25) is 0 Å². The van der Waals surface area contributed by atoms with Crippen LogP contribution in [-0.4, -0.2) is 59.9 Å². The third-order valence-corrected chi connectivity index (χ3v) is 7.86. The topological polar surface area (TPSA) is 172 Å². The van der Waals surface area contributed by atoms with Gasteiger partial charge >= 0.3 is 25.7 Å². The third-order valence-electron chi connectivity index (χ3n) is 6.91. The summed E-state index contributed by atoms with van der Waals surface area (Å²) < 4.78 is 31.2. The lowest BCUT2D eigenvalue weighted by molar-refractivity contribution is -0.159. The van der Waals surface area contributed by atoms with Crippen LogP contribution in [0.3, 0.4) is 0 Å². The van der Waals surface area contributed by atoms with Gasteiger partial charge in [0.25, 0.3) is 0 Å². The molecule has 248 valence electrons. The van der Waals surface area contributed by atoms with Gasteiger partial charge in [-0.25, -0.2) is 4.57 Å². The summed E-state index contributed by atoms with van der Waals surface area (Å²) in [5, 5.41) is 8.70. The maximum atomic E-state index is 12.1. The number of phosphoric acid groups is 1. The van der Waals surface area contributed by atoms with Crippen molar-refractivity contribution in [3.05, 3.63) is 0 Å². The number of unbranched alkanes of at least 4 members (excludes halogenated alkanes) is 18. The lowest BCUT2D eigenvalue weighted by Gasteiger charge is -2.19. The minimum atomic E-state index is -4.66. The van der Waals surface area contributed by atoms with Gasteiger partial charge in [-0.2, -0.15) is 0 Å². The normalized spacial score (nSPS) is 14.2. The van der Waals surface area contributed by atoms with Crippen molar-refractivity contribution in [1.82, 2.24) is 0 Å². The zero-order chi connectivity index (χ0) is 31.5. The highest BCUT2D eigenvalue weighted by Gasteiger charge is 2.27. The van der Waals surface area contributed by atoms with Crippen LogP contribution >= 0.6 is 7.82 Å². The van der Waals surface area contributed by atoms with E-state index in [0.717, 1.165) is 26.2 Å². The Bertz CT molecular complexity index is 752. The molecule has 0 aromatic carbocycles. The molecule has 4 N–H and O–H groups in total. The zero-order valence-electron chi connectivity index (χ0n) is 26.1. The predicted molar refractivity (Wildman–Crippen MR) is 162 cm³/mol. The SMILES string of the molecule is CCCCCCCCCCCCCCCCCCCCCC(=O)OC[C@H](COP(=O)(O)OC[C@H](N)C(=O)O)OC(C)=O. The van der Waals surface area contributed by atoms with E-state index in [9.17, 15) is 23.8 Å². The van der Waals surface area contributed by atoms with Gasteiger partial charge in [0.05, 0.1) is 13.2 Å². The number of hydrogen-bond acceptors (Lipinski definition) is 9. The summed E-state index contributed by atoms with van der Waals surface area (Å²) in [6, 6.07) is -1.51. The van der Waals surface area contributed by atoms with Crippen LogP contribution in [0.5, 0.6) is 0 Å². The highest BCUT2D eigenvalue weighted by molar-refractivity contribution is 7.47. The molecule has 42 heavy (non-hydrogen) atoms. The molecule has 0 amide bonds. The molecule has 0 bridgehead atoms. The first-order chi connectivity index (χ1) is 20.1. The van der Waals surface area contributed by atoms with E-state index in [-0.39, 0.29) is 13.0 Å². The summed E-state index contributed by atoms with van der Waals surface area (Å²) in [4.78, 5) is 43.7. The molecule has 12 heteroatoms. The molecule has 0 fully saturated rings. The Labute approximate surface area is 253 Å². The van der Waals surface area contributed by atoms with Crippen LogP contribution in [-0.2, 0) is 37.5 Å². The molecule has 1 unspecified atom stereocenters. The van der Waals surface area contributed by atoms with Gasteiger partial charge in [-0.15, -0.1) is 0 Å². The summed E-state index contributed by atoms with van der Waals surface area (Å²) in [7, 11) is -4.66. The van der Waals surface area contributed by atoms with Gasteiger partial charge in [0.1, 0.15) is 12.6 Å². The van der Waals surface area contributed by atoms with E-state index >= 15 is 0 Å². The Hall–Kier alpha value is -1.52. The largest absolute Gasteiger partial charge is 0.480 e. The number of aliphatic carboxylic acids is 1. The Balaban J connectivity index is 3.76. The summed E-state index contributed by atoms with van der Waals surface area (Å²) in [5.41, 5.74) is 5.21. The number of hydrogen-bond donors (Lipinski definition) is 3. The average Bonchev–Trinajstić information content (AvgIpc) is 2.94. The van der Waals surface area contributed by atoms with Crippen molar-refractivity contribution < 1.29 is 47.5 Å². The number of rotatable bonds is 30. The average molecular weight is 624 g/mol. The Morgan fingerprint density at radius 1 is 0.690 bits per heavy atom. The summed E-state index contributed by atoms with van der Waals surface area (Å²) in [6.45, 7) is 1.69. The Morgan fingerprint density at radius 3 is 1.50 bits per heavy atom. The molecular weight excluding hydrogens is 565 g/mol. The van der Waals surface area contributed by atoms with E-state index < -0.39 is 51.1 Å². The van der Waals surface area contributed by atoms with Crippen LogP contribution in [0.25, 0.3) is 0 Å².